The van der Waals surface area contributed by atoms with Gasteiger partial charge in [0.1, 0.15) is 0 Å². The number of aryl methyl sites for hydroxylation is 1. The van der Waals surface area contributed by atoms with Gasteiger partial charge in [0.2, 0.25) is 0 Å². The van der Waals surface area contributed by atoms with E-state index in [1.165, 1.54) is 22.3 Å². The SMILES string of the molecule is C=CN(Cc1ccccc1)Cc1cccc(C)c1C.Cl. The van der Waals surface area contributed by atoms with E-state index in [-0.39, 0.29) is 12.4 Å². The van der Waals surface area contributed by atoms with Crippen LogP contribution in [0, 0.1) is 13.8 Å². The summed E-state index contributed by atoms with van der Waals surface area (Å²) in [5.74, 6) is 0. The molecule has 106 valence electrons. The van der Waals surface area contributed by atoms with Gasteiger partial charge in [-0.05, 0) is 42.3 Å². The number of hydrogen-bond acceptors (Lipinski definition) is 1. The van der Waals surface area contributed by atoms with Crippen LogP contribution in [-0.2, 0) is 13.1 Å². The summed E-state index contributed by atoms with van der Waals surface area (Å²) in [6.07, 6.45) is 1.93. The molecule has 0 saturated carbocycles. The quantitative estimate of drug-likeness (QED) is 0.758. The first-order valence-electron chi connectivity index (χ1n) is 6.66. The van der Waals surface area contributed by atoms with Crippen molar-refractivity contribution < 1.29 is 0 Å². The minimum absolute atomic E-state index is 0. The van der Waals surface area contributed by atoms with Gasteiger partial charge in [0.25, 0.3) is 0 Å². The molecule has 2 rings (SSSR count). The molecule has 0 N–H and O–H groups in total. The van der Waals surface area contributed by atoms with Crippen LogP contribution in [0.25, 0.3) is 0 Å². The lowest BCUT2D eigenvalue weighted by atomic mass is 10.0. The second-order valence-electron chi connectivity index (χ2n) is 4.93. The normalized spacial score (nSPS) is 9.70. The molecule has 0 amide bonds. The summed E-state index contributed by atoms with van der Waals surface area (Å²) in [7, 11) is 0. The Morgan fingerprint density at radius 2 is 1.65 bits per heavy atom. The standard InChI is InChI=1S/C18H21N.ClH/c1-4-19(13-17-10-6-5-7-11-17)14-18-12-8-9-15(2)16(18)3;/h4-12H,1,13-14H2,2-3H3;1H. The van der Waals surface area contributed by atoms with Crippen LogP contribution in [0.1, 0.15) is 22.3 Å². The van der Waals surface area contributed by atoms with Gasteiger partial charge in [0.05, 0.1) is 0 Å². The van der Waals surface area contributed by atoms with Crippen molar-refractivity contribution in [2.45, 2.75) is 26.9 Å². The second kappa shape index (κ2) is 7.76. The van der Waals surface area contributed by atoms with Gasteiger partial charge in [-0.15, -0.1) is 12.4 Å². The zero-order valence-electron chi connectivity index (χ0n) is 12.2. The first kappa shape index (κ1) is 16.3. The van der Waals surface area contributed by atoms with Gasteiger partial charge in [-0.3, -0.25) is 0 Å². The number of nitrogens with zero attached hydrogens (tertiary/aromatic N) is 1. The van der Waals surface area contributed by atoms with Crippen molar-refractivity contribution in [3.63, 3.8) is 0 Å². The summed E-state index contributed by atoms with van der Waals surface area (Å²) in [4.78, 5) is 2.25. The second-order valence-corrected chi connectivity index (χ2v) is 4.93. The topological polar surface area (TPSA) is 3.24 Å². The van der Waals surface area contributed by atoms with Crippen LogP contribution >= 0.6 is 12.4 Å². The van der Waals surface area contributed by atoms with Gasteiger partial charge >= 0.3 is 0 Å². The van der Waals surface area contributed by atoms with Crippen LogP contribution in [0.15, 0.2) is 61.3 Å². The molecule has 0 saturated heterocycles. The summed E-state index contributed by atoms with van der Waals surface area (Å²) in [5.41, 5.74) is 5.41. The molecule has 1 nitrogen and oxygen atoms in total. The van der Waals surface area contributed by atoms with Crippen molar-refractivity contribution in [2.24, 2.45) is 0 Å². The van der Waals surface area contributed by atoms with E-state index in [0.717, 1.165) is 13.1 Å². The van der Waals surface area contributed by atoms with E-state index < -0.39 is 0 Å². The van der Waals surface area contributed by atoms with E-state index in [4.69, 9.17) is 0 Å². The molecular formula is C18H22ClN. The highest BCUT2D eigenvalue weighted by molar-refractivity contribution is 5.85. The Bertz CT molecular complexity index is 549. The molecule has 0 fully saturated rings. The van der Waals surface area contributed by atoms with Crippen LogP contribution in [0.3, 0.4) is 0 Å². The highest BCUT2D eigenvalue weighted by atomic mass is 35.5. The van der Waals surface area contributed by atoms with Crippen molar-refractivity contribution in [1.82, 2.24) is 4.90 Å². The molecule has 0 spiro atoms. The van der Waals surface area contributed by atoms with Crippen molar-refractivity contribution in [2.75, 3.05) is 0 Å². The third-order valence-corrected chi connectivity index (χ3v) is 3.58. The molecule has 0 radical (unpaired) electrons. The molecule has 2 aromatic carbocycles. The fourth-order valence-corrected chi connectivity index (χ4v) is 2.20. The largest absolute Gasteiger partial charge is 0.369 e. The summed E-state index contributed by atoms with van der Waals surface area (Å²) in [6, 6.07) is 17.0. The summed E-state index contributed by atoms with van der Waals surface area (Å²) < 4.78 is 0. The minimum atomic E-state index is 0. The predicted octanol–water partition coefficient (Wildman–Crippen LogP) is 4.87. The molecule has 0 aliphatic rings. The fourth-order valence-electron chi connectivity index (χ4n) is 2.20. The van der Waals surface area contributed by atoms with Gasteiger partial charge < -0.3 is 4.90 Å². The number of rotatable bonds is 5. The molecule has 0 atom stereocenters. The minimum Gasteiger partial charge on any atom is -0.369 e. The highest BCUT2D eigenvalue weighted by Gasteiger charge is 2.05. The lowest BCUT2D eigenvalue weighted by molar-refractivity contribution is 0.362. The molecule has 0 aromatic heterocycles. The van der Waals surface area contributed by atoms with Crippen LogP contribution in [0.2, 0.25) is 0 Å². The summed E-state index contributed by atoms with van der Waals surface area (Å²) in [5, 5.41) is 0. The smallest absolute Gasteiger partial charge is 0.0430 e. The van der Waals surface area contributed by atoms with Crippen LogP contribution in [0.5, 0.6) is 0 Å². The van der Waals surface area contributed by atoms with E-state index in [1.807, 2.05) is 12.3 Å². The molecule has 2 aromatic rings. The zero-order chi connectivity index (χ0) is 13.7. The maximum atomic E-state index is 3.93. The molecule has 2 heteroatoms. The maximum absolute atomic E-state index is 3.93. The monoisotopic (exact) mass is 287 g/mol. The van der Waals surface area contributed by atoms with Crippen LogP contribution < -0.4 is 0 Å². The third kappa shape index (κ3) is 4.14. The van der Waals surface area contributed by atoms with E-state index in [2.05, 4.69) is 67.8 Å². The van der Waals surface area contributed by atoms with Gasteiger partial charge in [0, 0.05) is 13.1 Å². The van der Waals surface area contributed by atoms with Crippen molar-refractivity contribution >= 4 is 12.4 Å². The van der Waals surface area contributed by atoms with Crippen molar-refractivity contribution in [3.8, 4) is 0 Å². The Kier molecular flexibility index (Phi) is 6.33. The van der Waals surface area contributed by atoms with Crippen molar-refractivity contribution in [1.29, 1.82) is 0 Å². The Morgan fingerprint density at radius 1 is 0.950 bits per heavy atom. The van der Waals surface area contributed by atoms with E-state index in [9.17, 15) is 0 Å². The Morgan fingerprint density at radius 3 is 2.30 bits per heavy atom. The summed E-state index contributed by atoms with van der Waals surface area (Å²) >= 11 is 0. The molecule has 0 bridgehead atoms. The molecule has 0 aliphatic carbocycles. The molecule has 0 aliphatic heterocycles. The number of halogens is 1. The number of hydrogen-bond donors (Lipinski definition) is 0. The predicted molar refractivity (Wildman–Crippen MR) is 89.1 cm³/mol. The third-order valence-electron chi connectivity index (χ3n) is 3.58. The first-order chi connectivity index (χ1) is 9.20. The number of benzene rings is 2. The van der Waals surface area contributed by atoms with Crippen LogP contribution in [0.4, 0.5) is 0 Å². The average molecular weight is 288 g/mol. The van der Waals surface area contributed by atoms with E-state index >= 15 is 0 Å². The van der Waals surface area contributed by atoms with Crippen LogP contribution in [-0.4, -0.2) is 4.90 Å². The lowest BCUT2D eigenvalue weighted by Crippen LogP contribution is -2.16. The molecule has 20 heavy (non-hydrogen) atoms. The summed E-state index contributed by atoms with van der Waals surface area (Å²) in [6.45, 7) is 10.1. The lowest BCUT2D eigenvalue weighted by Gasteiger charge is -2.21. The van der Waals surface area contributed by atoms with Gasteiger partial charge in [0.15, 0.2) is 0 Å². The van der Waals surface area contributed by atoms with Gasteiger partial charge in [-0.1, -0.05) is 55.1 Å². The fraction of sp³-hybridized carbons (Fsp3) is 0.222. The molecule has 0 unspecified atom stereocenters. The first-order valence-corrected chi connectivity index (χ1v) is 6.66. The van der Waals surface area contributed by atoms with E-state index in [1.54, 1.807) is 0 Å². The average Bonchev–Trinajstić information content (AvgIpc) is 2.44. The Labute approximate surface area is 128 Å². The van der Waals surface area contributed by atoms with Gasteiger partial charge in [-0.25, -0.2) is 0 Å². The maximum Gasteiger partial charge on any atom is 0.0430 e. The Balaban J connectivity index is 0.00000200. The van der Waals surface area contributed by atoms with E-state index in [0.29, 0.717) is 0 Å². The Hall–Kier alpha value is -1.73. The van der Waals surface area contributed by atoms with Crippen molar-refractivity contribution in [3.05, 3.63) is 83.6 Å². The zero-order valence-corrected chi connectivity index (χ0v) is 13.0. The highest BCUT2D eigenvalue weighted by Crippen LogP contribution is 2.16. The molecule has 0 heterocycles. The van der Waals surface area contributed by atoms with Gasteiger partial charge in [-0.2, -0.15) is 0 Å². The molecular weight excluding hydrogens is 266 g/mol.